The van der Waals surface area contributed by atoms with Gasteiger partial charge in [-0.05, 0) is 107 Å². The molecule has 9 bridgehead atoms. The van der Waals surface area contributed by atoms with Crippen LogP contribution in [0.15, 0.2) is 0 Å². The Bertz CT molecular complexity index is 650. The number of hydrogen-bond acceptors (Lipinski definition) is 0. The van der Waals surface area contributed by atoms with Gasteiger partial charge in [0.1, 0.15) is 0 Å². The minimum absolute atomic E-state index is 0.855. The fourth-order valence-corrected chi connectivity index (χ4v) is 13.3. The predicted molar refractivity (Wildman–Crippen MR) is 69.9 cm³/mol. The second-order valence-corrected chi connectivity index (χ2v) is 10.9. The average molecular weight is 250 g/mol. The first-order valence-corrected chi connectivity index (χ1v) is 9.23. The molecule has 0 aliphatic heterocycles. The van der Waals surface area contributed by atoms with E-state index in [0.717, 1.165) is 21.7 Å². The Morgan fingerprint density at radius 3 is 2.79 bits per heavy atom. The molecule has 0 nitrogen and oxygen atoms in total. The van der Waals surface area contributed by atoms with Crippen LogP contribution in [-0.2, 0) is 0 Å². The van der Waals surface area contributed by atoms with Gasteiger partial charge in [0.25, 0.3) is 0 Å². The number of rotatable bonds is 0. The van der Waals surface area contributed by atoms with Crippen molar-refractivity contribution < 1.29 is 0 Å². The fourth-order valence-electron chi connectivity index (χ4n) is 13.3. The van der Waals surface area contributed by atoms with Crippen molar-refractivity contribution in [3.05, 3.63) is 0 Å². The van der Waals surface area contributed by atoms with Crippen LogP contribution in [0.2, 0.25) is 0 Å². The summed E-state index contributed by atoms with van der Waals surface area (Å²) < 4.78 is 0. The normalized spacial score (nSPS) is 98.1. The smallest absolute Gasteiger partial charge is 0.0110 e. The second kappa shape index (κ2) is 1.66. The molecule has 0 N–H and O–H groups in total. The quantitative estimate of drug-likeness (QED) is 0.616. The third-order valence-electron chi connectivity index (χ3n) is 12.4. The lowest BCUT2D eigenvalue weighted by molar-refractivity contribution is -0.555. The topological polar surface area (TPSA) is 0 Å². The van der Waals surface area contributed by atoms with Crippen molar-refractivity contribution in [2.45, 2.75) is 39.0 Å². The van der Waals surface area contributed by atoms with Crippen LogP contribution in [0.4, 0.5) is 0 Å². The number of fused-ring (bicyclic) bond motifs is 1. The summed E-state index contributed by atoms with van der Waals surface area (Å²) in [5.41, 5.74) is 3.85. The molecular formula is C19H22. The first-order valence-electron chi connectivity index (χ1n) is 9.23. The summed E-state index contributed by atoms with van der Waals surface area (Å²) in [4.78, 5) is 0. The molecule has 0 amide bonds. The van der Waals surface area contributed by atoms with Gasteiger partial charge in [-0.1, -0.05) is 6.92 Å². The van der Waals surface area contributed by atoms with Crippen molar-refractivity contribution in [2.75, 3.05) is 0 Å². The molecule has 0 aromatic rings. The van der Waals surface area contributed by atoms with E-state index in [9.17, 15) is 0 Å². The van der Waals surface area contributed by atoms with Gasteiger partial charge in [-0.2, -0.15) is 0 Å². The van der Waals surface area contributed by atoms with Gasteiger partial charge < -0.3 is 0 Å². The summed E-state index contributed by atoms with van der Waals surface area (Å²) in [6, 6.07) is 0. The predicted octanol–water partition coefficient (Wildman–Crippen LogP) is 3.57. The molecule has 0 heterocycles. The van der Waals surface area contributed by atoms with Crippen LogP contribution in [0, 0.1) is 74.9 Å². The van der Waals surface area contributed by atoms with Gasteiger partial charge in [0.05, 0.1) is 0 Å². The third kappa shape index (κ3) is 0.361. The Morgan fingerprint density at radius 2 is 1.84 bits per heavy atom. The van der Waals surface area contributed by atoms with Gasteiger partial charge in [-0.15, -0.1) is 0 Å². The van der Waals surface area contributed by atoms with E-state index in [0.29, 0.717) is 0 Å². The van der Waals surface area contributed by atoms with Gasteiger partial charge >= 0.3 is 0 Å². The van der Waals surface area contributed by atoms with Gasteiger partial charge in [-0.25, -0.2) is 0 Å². The van der Waals surface area contributed by atoms with Crippen molar-refractivity contribution in [3.63, 3.8) is 0 Å². The zero-order chi connectivity index (χ0) is 11.7. The SMILES string of the molecule is CC12CC34CC5C1CC2C1C2C6CC1C53C21C6CC41. The molecule has 0 saturated heterocycles. The standard InChI is InChI=1S/C19H22/c1-16-6-17-5-12-9(16)3-10(16)14-11-2-7-8-4-13(17)18(8,15(7)14)19(11,12)17/h7-15H,2-6H2,1H3. The molecular weight excluding hydrogens is 228 g/mol. The zero-order valence-electron chi connectivity index (χ0n) is 11.7. The Morgan fingerprint density at radius 1 is 0.895 bits per heavy atom. The Labute approximate surface area is 114 Å². The summed E-state index contributed by atoms with van der Waals surface area (Å²) in [5.74, 6) is 11.3. The van der Waals surface area contributed by atoms with Gasteiger partial charge in [0.2, 0.25) is 0 Å². The largest absolute Gasteiger partial charge is 0.0591 e. The van der Waals surface area contributed by atoms with Crippen molar-refractivity contribution in [3.8, 4) is 0 Å². The summed E-state index contributed by atoms with van der Waals surface area (Å²) in [6.07, 6.45) is 8.57. The van der Waals surface area contributed by atoms with Crippen LogP contribution in [0.1, 0.15) is 39.0 Å². The molecule has 3 spiro atoms. The van der Waals surface area contributed by atoms with E-state index in [4.69, 9.17) is 0 Å². The maximum atomic E-state index is 2.76. The summed E-state index contributed by atoms with van der Waals surface area (Å²) in [5, 5.41) is 0. The fraction of sp³-hybridized carbons (Fsp3) is 1.00. The first-order chi connectivity index (χ1) is 9.23. The highest BCUT2D eigenvalue weighted by atomic mass is 15.1. The molecule has 19 heavy (non-hydrogen) atoms. The lowest BCUT2D eigenvalue weighted by Gasteiger charge is -3.02. The van der Waals surface area contributed by atoms with E-state index < -0.39 is 0 Å². The van der Waals surface area contributed by atoms with Gasteiger partial charge in [0.15, 0.2) is 0 Å². The molecule has 0 aromatic carbocycles. The van der Waals surface area contributed by atoms with Crippen LogP contribution in [0.25, 0.3) is 0 Å². The highest BCUT2D eigenvalue weighted by Gasteiger charge is 3.08. The minimum Gasteiger partial charge on any atom is -0.0591 e. The molecule has 0 radical (unpaired) electrons. The van der Waals surface area contributed by atoms with Crippen LogP contribution in [0.5, 0.6) is 0 Å². The molecule has 98 valence electrons. The first kappa shape index (κ1) is 8.44. The van der Waals surface area contributed by atoms with E-state index in [1.54, 1.807) is 32.1 Å². The summed E-state index contributed by atoms with van der Waals surface area (Å²) in [6.45, 7) is 2.76. The van der Waals surface area contributed by atoms with Crippen LogP contribution in [-0.4, -0.2) is 0 Å². The molecule has 10 aliphatic rings. The van der Waals surface area contributed by atoms with E-state index in [2.05, 4.69) is 6.92 Å². The average Bonchev–Trinajstić information content (AvgIpc) is 2.73. The highest BCUT2D eigenvalue weighted by molar-refractivity contribution is 5.55. The van der Waals surface area contributed by atoms with E-state index in [1.807, 2.05) is 0 Å². The summed E-state index contributed by atoms with van der Waals surface area (Å²) >= 11 is 0. The third-order valence-corrected chi connectivity index (χ3v) is 12.4. The lowest BCUT2D eigenvalue weighted by atomic mass is 9.01. The number of hydrogen-bond donors (Lipinski definition) is 0. The van der Waals surface area contributed by atoms with Crippen molar-refractivity contribution in [2.24, 2.45) is 74.9 Å². The monoisotopic (exact) mass is 250 g/mol. The maximum Gasteiger partial charge on any atom is -0.0110 e. The van der Waals surface area contributed by atoms with Crippen molar-refractivity contribution in [1.29, 1.82) is 0 Å². The Hall–Kier alpha value is 0. The van der Waals surface area contributed by atoms with E-state index in [-0.39, 0.29) is 0 Å². The Kier molecular flexibility index (Phi) is 0.737. The molecule has 13 atom stereocenters. The molecule has 0 aromatic heterocycles. The van der Waals surface area contributed by atoms with Crippen LogP contribution >= 0.6 is 0 Å². The van der Waals surface area contributed by atoms with Crippen LogP contribution in [0.3, 0.4) is 0 Å². The summed E-state index contributed by atoms with van der Waals surface area (Å²) in [7, 11) is 0. The zero-order valence-corrected chi connectivity index (χ0v) is 11.7. The van der Waals surface area contributed by atoms with Gasteiger partial charge in [-0.3, -0.25) is 0 Å². The maximum absolute atomic E-state index is 2.76. The molecule has 13 unspecified atom stereocenters. The molecule has 10 fully saturated rings. The van der Waals surface area contributed by atoms with Crippen molar-refractivity contribution in [1.82, 2.24) is 0 Å². The van der Waals surface area contributed by atoms with E-state index in [1.165, 1.54) is 53.3 Å². The molecule has 10 rings (SSSR count). The van der Waals surface area contributed by atoms with Gasteiger partial charge in [0, 0.05) is 0 Å². The lowest BCUT2D eigenvalue weighted by Crippen LogP contribution is -2.98. The van der Waals surface area contributed by atoms with E-state index >= 15 is 0 Å². The second-order valence-electron chi connectivity index (χ2n) is 10.9. The Balaban J connectivity index is 1.52. The molecule has 10 aliphatic carbocycles. The highest BCUT2D eigenvalue weighted by Crippen LogP contribution is 3.12. The van der Waals surface area contributed by atoms with Crippen molar-refractivity contribution >= 4 is 0 Å². The molecule has 0 heteroatoms. The minimum atomic E-state index is 0.855. The van der Waals surface area contributed by atoms with Crippen LogP contribution < -0.4 is 0 Å². The molecule has 10 saturated carbocycles.